The third-order valence-electron chi connectivity index (χ3n) is 6.78. The van der Waals surface area contributed by atoms with Crippen LogP contribution in [-0.4, -0.2) is 45.8 Å². The molecule has 0 atom stereocenters. The third kappa shape index (κ3) is 5.58. The Morgan fingerprint density at radius 3 is 2.65 bits per heavy atom. The highest BCUT2D eigenvalue weighted by atomic mass is 16.1. The molecular weight excluding hydrogens is 504 g/mol. The zero-order valence-electron chi connectivity index (χ0n) is 22.6. The molecule has 0 spiro atoms. The van der Waals surface area contributed by atoms with Crippen molar-refractivity contribution in [2.45, 2.75) is 52.5 Å². The quantitative estimate of drug-likeness (QED) is 0.250. The average Bonchev–Trinajstić information content (AvgIpc) is 3.51. The molecule has 0 radical (unpaired) electrons. The van der Waals surface area contributed by atoms with Crippen LogP contribution >= 0.6 is 0 Å². The molecule has 0 bridgehead atoms. The van der Waals surface area contributed by atoms with Crippen LogP contribution in [0, 0.1) is 13.8 Å². The van der Waals surface area contributed by atoms with Gasteiger partial charge in [-0.2, -0.15) is 10.2 Å². The number of nitrogens with one attached hydrogen (secondary N) is 3. The van der Waals surface area contributed by atoms with Crippen LogP contribution in [0.5, 0.6) is 0 Å². The Labute approximate surface area is 231 Å². The molecule has 5 heterocycles. The highest BCUT2D eigenvalue weighted by Gasteiger charge is 2.26. The van der Waals surface area contributed by atoms with Crippen LogP contribution in [0.15, 0.2) is 55.0 Å². The zero-order valence-corrected chi connectivity index (χ0v) is 22.6. The number of rotatable bonds is 9. The summed E-state index contributed by atoms with van der Waals surface area (Å²) in [5.74, 6) is 2.93. The van der Waals surface area contributed by atoms with Gasteiger partial charge in [0.05, 0.1) is 5.69 Å². The predicted octanol–water partition coefficient (Wildman–Crippen LogP) is 4.57. The number of pyridine rings is 2. The summed E-state index contributed by atoms with van der Waals surface area (Å²) in [5.41, 5.74) is 5.65. The van der Waals surface area contributed by atoms with E-state index in [0.29, 0.717) is 35.6 Å². The number of amides is 1. The number of H-pyrrole nitrogens is 1. The summed E-state index contributed by atoms with van der Waals surface area (Å²) in [6.07, 6.45) is 8.61. The van der Waals surface area contributed by atoms with Gasteiger partial charge < -0.3 is 10.6 Å². The monoisotopic (exact) mass is 534 g/mol. The molecule has 40 heavy (non-hydrogen) atoms. The molecular formula is C29H30N10O. The summed E-state index contributed by atoms with van der Waals surface area (Å²) in [4.78, 5) is 31.1. The van der Waals surface area contributed by atoms with E-state index in [9.17, 15) is 4.79 Å². The summed E-state index contributed by atoms with van der Waals surface area (Å²) >= 11 is 0. The molecule has 1 saturated carbocycles. The first-order chi connectivity index (χ1) is 19.4. The highest BCUT2D eigenvalue weighted by molar-refractivity contribution is 5.94. The Balaban J connectivity index is 1.11. The minimum absolute atomic E-state index is 0.257. The van der Waals surface area contributed by atoms with Gasteiger partial charge in [0.15, 0.2) is 17.5 Å². The molecule has 1 amide bonds. The van der Waals surface area contributed by atoms with Gasteiger partial charge in [0.2, 0.25) is 0 Å². The molecule has 3 N–H and O–H groups in total. The van der Waals surface area contributed by atoms with E-state index in [1.807, 2.05) is 50.4 Å². The fourth-order valence-corrected chi connectivity index (χ4v) is 4.42. The topological polar surface area (TPSA) is 139 Å². The van der Waals surface area contributed by atoms with Crippen molar-refractivity contribution < 1.29 is 4.79 Å². The number of nitrogens with zero attached hydrogens (tertiary/aromatic N) is 7. The Bertz CT molecular complexity index is 1670. The number of hydrogen-bond donors (Lipinski definition) is 3. The number of carbonyl (C=O) groups is 1. The lowest BCUT2D eigenvalue weighted by Gasteiger charge is -2.10. The van der Waals surface area contributed by atoms with Crippen molar-refractivity contribution in [2.24, 2.45) is 0 Å². The van der Waals surface area contributed by atoms with Gasteiger partial charge in [-0.25, -0.2) is 19.6 Å². The van der Waals surface area contributed by atoms with Crippen molar-refractivity contribution in [3.8, 4) is 17.2 Å². The van der Waals surface area contributed by atoms with Gasteiger partial charge in [0.1, 0.15) is 11.5 Å². The molecule has 1 aliphatic carbocycles. The van der Waals surface area contributed by atoms with Gasteiger partial charge in [0, 0.05) is 60.1 Å². The van der Waals surface area contributed by atoms with Crippen LogP contribution < -0.4 is 10.6 Å². The van der Waals surface area contributed by atoms with Crippen LogP contribution in [0.3, 0.4) is 0 Å². The predicted molar refractivity (Wildman–Crippen MR) is 150 cm³/mol. The molecule has 11 heteroatoms. The second-order valence-corrected chi connectivity index (χ2v) is 10.0. The fraction of sp³-hybridized carbons (Fsp3) is 0.276. The van der Waals surface area contributed by atoms with Gasteiger partial charge in [-0.05, 0) is 62.4 Å². The maximum absolute atomic E-state index is 12.9. The molecule has 0 aromatic carbocycles. The van der Waals surface area contributed by atoms with Crippen LogP contribution in [0.4, 0.5) is 11.6 Å². The maximum atomic E-state index is 12.9. The van der Waals surface area contributed by atoms with E-state index < -0.39 is 0 Å². The molecule has 1 aliphatic rings. The second-order valence-electron chi connectivity index (χ2n) is 10.0. The minimum atomic E-state index is -0.257. The molecule has 0 unspecified atom stereocenters. The lowest BCUT2D eigenvalue weighted by atomic mass is 10.1. The van der Waals surface area contributed by atoms with E-state index in [4.69, 9.17) is 0 Å². The SMILES string of the molecule is CCc1cc(Nc2cc(C)nc(-c3cnc(C(=O)NCc4ccc(-n5ccc(C6CC6)n5)nc4)c(C)c3)n2)n[nH]1. The van der Waals surface area contributed by atoms with Crippen molar-refractivity contribution in [3.05, 3.63) is 88.9 Å². The number of hydrogen-bond acceptors (Lipinski definition) is 8. The van der Waals surface area contributed by atoms with Crippen molar-refractivity contribution in [3.63, 3.8) is 0 Å². The van der Waals surface area contributed by atoms with Crippen LogP contribution in [0.2, 0.25) is 0 Å². The van der Waals surface area contributed by atoms with E-state index >= 15 is 0 Å². The summed E-state index contributed by atoms with van der Waals surface area (Å²) in [5, 5.41) is 18.0. The van der Waals surface area contributed by atoms with Gasteiger partial charge in [-0.15, -0.1) is 0 Å². The largest absolute Gasteiger partial charge is 0.347 e. The van der Waals surface area contributed by atoms with E-state index in [1.54, 1.807) is 17.1 Å². The number of aromatic nitrogens is 8. The van der Waals surface area contributed by atoms with E-state index in [1.165, 1.54) is 12.8 Å². The first-order valence-corrected chi connectivity index (χ1v) is 13.4. The number of anilines is 2. The molecule has 5 aromatic rings. The standard InChI is InChI=1S/C29H30N10O/c1-4-22-13-25(37-36-22)34-24-12-18(3)33-28(35-24)21-11-17(2)27(31-16-21)29(40)32-15-19-5-8-26(30-14-19)39-10-9-23(38-39)20-6-7-20/h5,8-14,16,20H,4,6-7,15H2,1-3H3,(H,32,40)(H2,33,34,35,36,37). The summed E-state index contributed by atoms with van der Waals surface area (Å²) in [6.45, 7) is 6.16. The first kappa shape index (κ1) is 25.4. The van der Waals surface area contributed by atoms with Crippen molar-refractivity contribution in [1.82, 2.24) is 45.2 Å². The molecule has 11 nitrogen and oxygen atoms in total. The number of aromatic amines is 1. The van der Waals surface area contributed by atoms with Gasteiger partial charge in [0.25, 0.3) is 5.91 Å². The van der Waals surface area contributed by atoms with Crippen LogP contribution in [-0.2, 0) is 13.0 Å². The number of aryl methyl sites for hydroxylation is 3. The van der Waals surface area contributed by atoms with E-state index in [2.05, 4.69) is 58.9 Å². The van der Waals surface area contributed by atoms with E-state index in [0.717, 1.165) is 46.0 Å². The maximum Gasteiger partial charge on any atom is 0.270 e. The number of carbonyl (C=O) groups excluding carboxylic acids is 1. The minimum Gasteiger partial charge on any atom is -0.347 e. The van der Waals surface area contributed by atoms with Crippen molar-refractivity contribution in [2.75, 3.05) is 5.32 Å². The van der Waals surface area contributed by atoms with Crippen molar-refractivity contribution >= 4 is 17.5 Å². The Morgan fingerprint density at radius 2 is 1.93 bits per heavy atom. The average molecular weight is 535 g/mol. The first-order valence-electron chi connectivity index (χ1n) is 13.4. The molecule has 1 fully saturated rings. The molecule has 5 aromatic heterocycles. The van der Waals surface area contributed by atoms with Gasteiger partial charge >= 0.3 is 0 Å². The Hall–Kier alpha value is -4.93. The third-order valence-corrected chi connectivity index (χ3v) is 6.78. The lowest BCUT2D eigenvalue weighted by Crippen LogP contribution is -2.24. The smallest absolute Gasteiger partial charge is 0.270 e. The van der Waals surface area contributed by atoms with Gasteiger partial charge in [-0.3, -0.25) is 14.9 Å². The molecule has 6 rings (SSSR count). The van der Waals surface area contributed by atoms with Crippen LogP contribution in [0.25, 0.3) is 17.2 Å². The summed E-state index contributed by atoms with van der Waals surface area (Å²) in [7, 11) is 0. The van der Waals surface area contributed by atoms with Crippen LogP contribution in [0.1, 0.15) is 64.4 Å². The molecule has 202 valence electrons. The normalized spacial score (nSPS) is 12.9. The van der Waals surface area contributed by atoms with Crippen molar-refractivity contribution in [1.29, 1.82) is 0 Å². The molecule has 0 aliphatic heterocycles. The van der Waals surface area contributed by atoms with Gasteiger partial charge in [-0.1, -0.05) is 13.0 Å². The summed E-state index contributed by atoms with van der Waals surface area (Å²) in [6, 6.07) is 11.6. The Kier molecular flexibility index (Phi) is 6.77. The Morgan fingerprint density at radius 1 is 1.05 bits per heavy atom. The highest BCUT2D eigenvalue weighted by Crippen LogP contribution is 2.39. The zero-order chi connectivity index (χ0) is 27.6. The second kappa shape index (κ2) is 10.7. The lowest BCUT2D eigenvalue weighted by molar-refractivity contribution is 0.0945. The van der Waals surface area contributed by atoms with E-state index in [-0.39, 0.29) is 5.91 Å². The molecule has 0 saturated heterocycles. The fourth-order valence-electron chi connectivity index (χ4n) is 4.42. The summed E-state index contributed by atoms with van der Waals surface area (Å²) < 4.78 is 1.79.